The van der Waals surface area contributed by atoms with Crippen molar-refractivity contribution in [3.8, 4) is 0 Å². The van der Waals surface area contributed by atoms with Gasteiger partial charge in [0.15, 0.2) is 5.76 Å². The average molecular weight is 669 g/mol. The summed E-state index contributed by atoms with van der Waals surface area (Å²) in [4.78, 5) is 50.6. The first-order chi connectivity index (χ1) is 24.0. The molecule has 0 aliphatic carbocycles. The molecule has 0 saturated carbocycles. The fourth-order valence-corrected chi connectivity index (χ4v) is 5.81. The molecule has 0 aliphatic rings. The SMILES string of the molecule is O=C(NCCCc1ccccc1)c1ccccc1C(=O)c1cccs1.O=C(NCCc1ccccc1)c1ccccc1C(=O)c1ccco1. The van der Waals surface area contributed by atoms with Gasteiger partial charge in [-0.25, -0.2) is 0 Å². The number of amides is 2. The van der Waals surface area contributed by atoms with Crippen molar-refractivity contribution >= 4 is 34.7 Å². The highest BCUT2D eigenvalue weighted by molar-refractivity contribution is 7.12. The molecular weight excluding hydrogens is 633 g/mol. The van der Waals surface area contributed by atoms with Crippen LogP contribution in [-0.4, -0.2) is 36.5 Å². The summed E-state index contributed by atoms with van der Waals surface area (Å²) in [6, 6.07) is 40.7. The summed E-state index contributed by atoms with van der Waals surface area (Å²) in [6.45, 7) is 1.08. The van der Waals surface area contributed by atoms with Crippen LogP contribution in [0, 0.1) is 0 Å². The van der Waals surface area contributed by atoms with Gasteiger partial charge in [-0.15, -0.1) is 11.3 Å². The molecule has 0 atom stereocenters. The molecule has 4 aromatic carbocycles. The van der Waals surface area contributed by atoms with Gasteiger partial charge in [-0.2, -0.15) is 0 Å². The van der Waals surface area contributed by atoms with Crippen LogP contribution >= 0.6 is 11.3 Å². The number of benzene rings is 4. The van der Waals surface area contributed by atoms with E-state index in [4.69, 9.17) is 4.42 Å². The Balaban J connectivity index is 0.000000191. The Morgan fingerprint density at radius 2 is 1.04 bits per heavy atom. The van der Waals surface area contributed by atoms with Crippen LogP contribution in [0.15, 0.2) is 150 Å². The lowest BCUT2D eigenvalue weighted by Gasteiger charge is -2.09. The number of thiophene rings is 1. The first-order valence-corrected chi connectivity index (χ1v) is 16.9. The Hall–Kier alpha value is -5.86. The Morgan fingerprint density at radius 3 is 1.59 bits per heavy atom. The van der Waals surface area contributed by atoms with Crippen LogP contribution in [0.4, 0.5) is 0 Å². The molecule has 0 fully saturated rings. The van der Waals surface area contributed by atoms with Gasteiger partial charge in [0.05, 0.1) is 22.3 Å². The molecule has 2 aromatic heterocycles. The van der Waals surface area contributed by atoms with Crippen molar-refractivity contribution in [2.75, 3.05) is 13.1 Å². The summed E-state index contributed by atoms with van der Waals surface area (Å²) in [7, 11) is 0. The van der Waals surface area contributed by atoms with E-state index in [2.05, 4.69) is 22.8 Å². The standard InChI is InChI=1S/C21H19NO2S.C20H17NO3/c23-20(19-13-7-15-25-19)17-11-4-5-12-18(17)21(24)22-14-6-10-16-8-2-1-3-9-16;22-19(18-11-6-14-24-18)16-9-4-5-10-17(16)20(23)21-13-12-15-7-2-1-3-8-15/h1-5,7-9,11-13,15H,6,10,14H2,(H,22,24);1-11,14H,12-13H2,(H,21,23). The van der Waals surface area contributed by atoms with Crippen molar-refractivity contribution in [3.05, 3.63) is 189 Å². The summed E-state index contributed by atoms with van der Waals surface area (Å²) in [5.41, 5.74) is 3.98. The van der Waals surface area contributed by atoms with E-state index in [-0.39, 0.29) is 29.1 Å². The van der Waals surface area contributed by atoms with Crippen molar-refractivity contribution in [1.29, 1.82) is 0 Å². The fraction of sp³-hybridized carbons (Fsp3) is 0.122. The topological polar surface area (TPSA) is 105 Å². The molecular formula is C41H36N2O5S. The summed E-state index contributed by atoms with van der Waals surface area (Å²) < 4.78 is 5.14. The number of rotatable bonds is 13. The highest BCUT2D eigenvalue weighted by Gasteiger charge is 2.20. The van der Waals surface area contributed by atoms with Crippen LogP contribution in [0.1, 0.15) is 69.6 Å². The lowest BCUT2D eigenvalue weighted by atomic mass is 10.0. The van der Waals surface area contributed by atoms with Gasteiger partial charge in [-0.05, 0) is 66.1 Å². The number of ketones is 2. The molecule has 0 bridgehead atoms. The first-order valence-electron chi connectivity index (χ1n) is 16.0. The fourth-order valence-electron chi connectivity index (χ4n) is 5.13. The van der Waals surface area contributed by atoms with E-state index in [1.165, 1.54) is 23.2 Å². The van der Waals surface area contributed by atoms with Gasteiger partial charge in [-0.3, -0.25) is 19.2 Å². The van der Waals surface area contributed by atoms with Gasteiger partial charge >= 0.3 is 0 Å². The van der Waals surface area contributed by atoms with Crippen molar-refractivity contribution in [2.24, 2.45) is 0 Å². The molecule has 0 spiro atoms. The summed E-state index contributed by atoms with van der Waals surface area (Å²) in [5, 5.41) is 7.65. The van der Waals surface area contributed by atoms with Gasteiger partial charge in [-0.1, -0.05) is 103 Å². The third-order valence-corrected chi connectivity index (χ3v) is 8.50. The number of nitrogens with one attached hydrogen (secondary N) is 2. The zero-order valence-electron chi connectivity index (χ0n) is 26.8. The predicted octanol–water partition coefficient (Wildman–Crippen LogP) is 7.82. The molecule has 6 aromatic rings. The van der Waals surface area contributed by atoms with E-state index in [0.29, 0.717) is 40.2 Å². The second-order valence-electron chi connectivity index (χ2n) is 11.0. The molecule has 6 rings (SSSR count). The number of furan rings is 1. The highest BCUT2D eigenvalue weighted by atomic mass is 32.1. The van der Waals surface area contributed by atoms with Gasteiger partial charge in [0.2, 0.25) is 11.6 Å². The maximum Gasteiger partial charge on any atom is 0.252 e. The van der Waals surface area contributed by atoms with E-state index in [9.17, 15) is 19.2 Å². The molecule has 0 unspecified atom stereocenters. The predicted molar refractivity (Wildman–Crippen MR) is 192 cm³/mol. The molecule has 0 radical (unpaired) electrons. The number of carbonyl (C=O) groups excluding carboxylic acids is 4. The second-order valence-corrected chi connectivity index (χ2v) is 12.0. The van der Waals surface area contributed by atoms with Crippen molar-refractivity contribution in [1.82, 2.24) is 10.6 Å². The minimum Gasteiger partial charge on any atom is -0.461 e. The van der Waals surface area contributed by atoms with Gasteiger partial charge < -0.3 is 15.1 Å². The van der Waals surface area contributed by atoms with Crippen LogP contribution in [0.3, 0.4) is 0 Å². The molecule has 49 heavy (non-hydrogen) atoms. The van der Waals surface area contributed by atoms with Gasteiger partial charge in [0.25, 0.3) is 11.8 Å². The Bertz CT molecular complexity index is 1950. The molecule has 2 heterocycles. The maximum atomic E-state index is 12.6. The summed E-state index contributed by atoms with van der Waals surface area (Å²) in [5.74, 6) is -0.645. The largest absolute Gasteiger partial charge is 0.461 e. The monoisotopic (exact) mass is 668 g/mol. The lowest BCUT2D eigenvalue weighted by Crippen LogP contribution is -2.27. The summed E-state index contributed by atoms with van der Waals surface area (Å²) in [6.07, 6.45) is 3.95. The van der Waals surface area contributed by atoms with Gasteiger partial charge in [0.1, 0.15) is 0 Å². The first kappa shape index (κ1) is 34.5. The van der Waals surface area contributed by atoms with Crippen LogP contribution in [0.5, 0.6) is 0 Å². The quantitative estimate of drug-likeness (QED) is 0.0965. The molecule has 0 saturated heterocycles. The van der Waals surface area contributed by atoms with E-state index in [0.717, 1.165) is 24.8 Å². The van der Waals surface area contributed by atoms with Crippen molar-refractivity contribution in [2.45, 2.75) is 19.3 Å². The molecule has 2 amide bonds. The Morgan fingerprint density at radius 1 is 0.510 bits per heavy atom. The number of hydrogen-bond donors (Lipinski definition) is 2. The smallest absolute Gasteiger partial charge is 0.252 e. The lowest BCUT2D eigenvalue weighted by molar-refractivity contribution is 0.0937. The normalized spacial score (nSPS) is 10.4. The molecule has 0 aliphatic heterocycles. The van der Waals surface area contributed by atoms with Crippen LogP contribution in [0.2, 0.25) is 0 Å². The molecule has 7 nitrogen and oxygen atoms in total. The zero-order chi connectivity index (χ0) is 34.3. The molecule has 8 heteroatoms. The van der Waals surface area contributed by atoms with Gasteiger partial charge in [0, 0.05) is 24.2 Å². The van der Waals surface area contributed by atoms with E-state index in [1.807, 2.05) is 60.0 Å². The number of carbonyl (C=O) groups is 4. The number of aryl methyl sites for hydroxylation is 1. The maximum absolute atomic E-state index is 12.6. The molecule has 2 N–H and O–H groups in total. The zero-order valence-corrected chi connectivity index (χ0v) is 27.7. The minimum absolute atomic E-state index is 0.106. The minimum atomic E-state index is -0.297. The van der Waals surface area contributed by atoms with Crippen LogP contribution in [-0.2, 0) is 12.8 Å². The van der Waals surface area contributed by atoms with E-state index >= 15 is 0 Å². The van der Waals surface area contributed by atoms with Crippen LogP contribution in [0.25, 0.3) is 0 Å². The van der Waals surface area contributed by atoms with Crippen molar-refractivity contribution in [3.63, 3.8) is 0 Å². The van der Waals surface area contributed by atoms with E-state index in [1.54, 1.807) is 66.7 Å². The second kappa shape index (κ2) is 17.9. The third-order valence-electron chi connectivity index (χ3n) is 7.64. The number of hydrogen-bond acceptors (Lipinski definition) is 6. The Kier molecular flexibility index (Phi) is 12.6. The highest BCUT2D eigenvalue weighted by Crippen LogP contribution is 2.19. The van der Waals surface area contributed by atoms with Crippen LogP contribution < -0.4 is 10.6 Å². The van der Waals surface area contributed by atoms with E-state index < -0.39 is 0 Å². The summed E-state index contributed by atoms with van der Waals surface area (Å²) >= 11 is 1.38. The Labute approximate surface area is 289 Å². The molecule has 246 valence electrons. The third kappa shape index (κ3) is 9.82. The van der Waals surface area contributed by atoms with Crippen molar-refractivity contribution < 1.29 is 23.6 Å². The average Bonchev–Trinajstić information content (AvgIpc) is 3.90.